The average molecular weight is 413 g/mol. The van der Waals surface area contributed by atoms with E-state index in [-0.39, 0.29) is 17.6 Å². The Morgan fingerprint density at radius 1 is 1.23 bits per heavy atom. The van der Waals surface area contributed by atoms with Crippen LogP contribution in [0, 0.1) is 0 Å². The molecule has 0 spiro atoms. The third-order valence-corrected chi connectivity index (χ3v) is 5.67. The summed E-state index contributed by atoms with van der Waals surface area (Å²) in [6.45, 7) is 8.90. The highest BCUT2D eigenvalue weighted by molar-refractivity contribution is 9.10. The smallest absolute Gasteiger partial charge is 0.318 e. The van der Waals surface area contributed by atoms with Crippen molar-refractivity contribution in [2.24, 2.45) is 0 Å². The van der Waals surface area contributed by atoms with E-state index in [2.05, 4.69) is 59.0 Å². The molecule has 2 unspecified atom stereocenters. The van der Waals surface area contributed by atoms with Crippen LogP contribution in [0.5, 0.6) is 0 Å². The predicted octanol–water partition coefficient (Wildman–Crippen LogP) is 5.79. The fraction of sp³-hybridized carbons (Fsp3) is 0.318. The molecule has 4 heteroatoms. The molecule has 1 fully saturated rings. The van der Waals surface area contributed by atoms with Gasteiger partial charge in [-0.2, -0.15) is 0 Å². The second kappa shape index (κ2) is 7.67. The maximum Gasteiger partial charge on any atom is 0.318 e. The van der Waals surface area contributed by atoms with Gasteiger partial charge >= 0.3 is 6.03 Å². The quantitative estimate of drug-likeness (QED) is 0.619. The lowest BCUT2D eigenvalue weighted by Gasteiger charge is -2.45. The van der Waals surface area contributed by atoms with E-state index in [0.29, 0.717) is 6.54 Å². The highest BCUT2D eigenvalue weighted by Crippen LogP contribution is 2.36. The molecule has 3 rings (SSSR count). The number of amides is 2. The van der Waals surface area contributed by atoms with Crippen LogP contribution in [0.2, 0.25) is 0 Å². The molecular weight excluding hydrogens is 388 g/mol. The summed E-state index contributed by atoms with van der Waals surface area (Å²) in [5.41, 5.74) is 2.98. The number of carbonyl (C=O) groups is 1. The first-order valence-corrected chi connectivity index (χ1v) is 9.75. The van der Waals surface area contributed by atoms with Crippen molar-refractivity contribution in [1.29, 1.82) is 0 Å². The molecule has 2 atom stereocenters. The van der Waals surface area contributed by atoms with E-state index >= 15 is 0 Å². The molecule has 0 aromatic heterocycles. The van der Waals surface area contributed by atoms with Gasteiger partial charge in [-0.1, -0.05) is 64.0 Å². The summed E-state index contributed by atoms with van der Waals surface area (Å²) >= 11 is 3.46. The van der Waals surface area contributed by atoms with Gasteiger partial charge in [-0.25, -0.2) is 4.79 Å². The van der Waals surface area contributed by atoms with Gasteiger partial charge in [0.25, 0.3) is 0 Å². The molecule has 0 aliphatic carbocycles. The van der Waals surface area contributed by atoms with Crippen LogP contribution in [0.1, 0.15) is 43.9 Å². The number of carbonyl (C=O) groups excluding carboxylic acids is 1. The zero-order valence-electron chi connectivity index (χ0n) is 15.3. The molecule has 3 nitrogen and oxygen atoms in total. The molecule has 1 heterocycles. The first kappa shape index (κ1) is 18.7. The van der Waals surface area contributed by atoms with Gasteiger partial charge in [0.05, 0.1) is 11.6 Å². The Bertz CT molecular complexity index is 788. The van der Waals surface area contributed by atoms with Crippen LogP contribution in [0.4, 0.5) is 4.79 Å². The summed E-state index contributed by atoms with van der Waals surface area (Å²) in [5.74, 6) is 0. The maximum absolute atomic E-state index is 13.0. The highest BCUT2D eigenvalue weighted by Gasteiger charge is 2.40. The van der Waals surface area contributed by atoms with Crippen LogP contribution < -0.4 is 5.32 Å². The van der Waals surface area contributed by atoms with Crippen LogP contribution >= 0.6 is 15.9 Å². The maximum atomic E-state index is 13.0. The Kier molecular flexibility index (Phi) is 5.52. The fourth-order valence-corrected chi connectivity index (χ4v) is 4.03. The summed E-state index contributed by atoms with van der Waals surface area (Å²) in [6, 6.07) is 18.4. The second-order valence-electron chi connectivity index (χ2n) is 7.18. The van der Waals surface area contributed by atoms with Crippen molar-refractivity contribution in [2.75, 3.05) is 6.54 Å². The Labute approximate surface area is 164 Å². The van der Waals surface area contributed by atoms with Gasteiger partial charge in [0.1, 0.15) is 0 Å². The van der Waals surface area contributed by atoms with Crippen molar-refractivity contribution in [3.05, 3.63) is 82.3 Å². The van der Waals surface area contributed by atoms with Gasteiger partial charge in [0.2, 0.25) is 0 Å². The molecule has 1 saturated heterocycles. The average Bonchev–Trinajstić information content (AvgIpc) is 2.62. The second-order valence-corrected chi connectivity index (χ2v) is 8.10. The SMILES string of the molecule is C=C(C)CC1(c2ccccc2)CCN(C(C)c2ccc(Br)cc2)C(=O)N1. The molecular formula is C22H25BrN2O. The van der Waals surface area contributed by atoms with Gasteiger partial charge in [-0.3, -0.25) is 0 Å². The highest BCUT2D eigenvalue weighted by atomic mass is 79.9. The fourth-order valence-electron chi connectivity index (χ4n) is 3.77. The van der Waals surface area contributed by atoms with Crippen molar-refractivity contribution in [3.8, 4) is 0 Å². The number of nitrogens with one attached hydrogen (secondary N) is 1. The van der Waals surface area contributed by atoms with Crippen molar-refractivity contribution >= 4 is 22.0 Å². The molecule has 0 saturated carbocycles. The van der Waals surface area contributed by atoms with E-state index < -0.39 is 0 Å². The van der Waals surface area contributed by atoms with Crippen LogP contribution in [-0.4, -0.2) is 17.5 Å². The first-order valence-electron chi connectivity index (χ1n) is 8.95. The van der Waals surface area contributed by atoms with Gasteiger partial charge in [0, 0.05) is 11.0 Å². The molecule has 136 valence electrons. The number of benzene rings is 2. The summed E-state index contributed by atoms with van der Waals surface area (Å²) < 4.78 is 1.04. The van der Waals surface area contributed by atoms with E-state index in [4.69, 9.17) is 0 Å². The first-order chi connectivity index (χ1) is 12.4. The number of halogens is 1. The Balaban J connectivity index is 1.84. The van der Waals surface area contributed by atoms with E-state index in [1.54, 1.807) is 0 Å². The number of rotatable bonds is 5. The van der Waals surface area contributed by atoms with Crippen molar-refractivity contribution < 1.29 is 4.79 Å². The van der Waals surface area contributed by atoms with Gasteiger partial charge in [-0.05, 0) is 49.9 Å². The largest absolute Gasteiger partial charge is 0.328 e. The lowest BCUT2D eigenvalue weighted by atomic mass is 9.80. The van der Waals surface area contributed by atoms with Crippen molar-refractivity contribution in [2.45, 2.75) is 38.3 Å². The summed E-state index contributed by atoms with van der Waals surface area (Å²) in [5, 5.41) is 3.31. The molecule has 0 radical (unpaired) electrons. The minimum Gasteiger partial charge on any atom is -0.328 e. The minimum atomic E-state index is -0.375. The van der Waals surface area contributed by atoms with E-state index in [0.717, 1.165) is 34.0 Å². The molecule has 1 aliphatic rings. The van der Waals surface area contributed by atoms with E-state index in [1.165, 1.54) is 0 Å². The molecule has 1 aliphatic heterocycles. The van der Waals surface area contributed by atoms with Gasteiger partial charge in [0.15, 0.2) is 0 Å². The lowest BCUT2D eigenvalue weighted by Crippen LogP contribution is -2.58. The van der Waals surface area contributed by atoms with Gasteiger partial charge in [-0.15, -0.1) is 6.58 Å². The van der Waals surface area contributed by atoms with Crippen molar-refractivity contribution in [1.82, 2.24) is 10.2 Å². The molecule has 2 aromatic carbocycles. The number of urea groups is 1. The molecule has 26 heavy (non-hydrogen) atoms. The molecule has 1 N–H and O–H groups in total. The topological polar surface area (TPSA) is 32.3 Å². The van der Waals surface area contributed by atoms with Crippen LogP contribution in [0.15, 0.2) is 71.2 Å². The number of hydrogen-bond donors (Lipinski definition) is 1. The monoisotopic (exact) mass is 412 g/mol. The van der Waals surface area contributed by atoms with E-state index in [1.807, 2.05) is 42.2 Å². The molecule has 0 bridgehead atoms. The summed E-state index contributed by atoms with van der Waals surface area (Å²) in [4.78, 5) is 14.9. The van der Waals surface area contributed by atoms with Crippen LogP contribution in [0.3, 0.4) is 0 Å². The predicted molar refractivity (Wildman–Crippen MR) is 110 cm³/mol. The Morgan fingerprint density at radius 2 is 1.88 bits per heavy atom. The van der Waals surface area contributed by atoms with Crippen LogP contribution in [-0.2, 0) is 5.54 Å². The third kappa shape index (κ3) is 3.85. The standard InChI is InChI=1S/C22H25BrN2O/c1-16(2)15-22(19-7-5-4-6-8-19)13-14-25(21(26)24-22)17(3)18-9-11-20(23)12-10-18/h4-12,17H,1,13-15H2,2-3H3,(H,24,26). The minimum absolute atomic E-state index is 0.0169. The number of hydrogen-bond acceptors (Lipinski definition) is 1. The summed E-state index contributed by atoms with van der Waals surface area (Å²) in [7, 11) is 0. The zero-order chi connectivity index (χ0) is 18.7. The lowest BCUT2D eigenvalue weighted by molar-refractivity contribution is 0.125. The van der Waals surface area contributed by atoms with E-state index in [9.17, 15) is 4.79 Å². The Hall–Kier alpha value is -2.07. The molecule has 2 amide bonds. The molecule has 2 aromatic rings. The normalized spacial score (nSPS) is 21.2. The third-order valence-electron chi connectivity index (χ3n) is 5.14. The van der Waals surface area contributed by atoms with Crippen molar-refractivity contribution in [3.63, 3.8) is 0 Å². The zero-order valence-corrected chi connectivity index (χ0v) is 16.9. The van der Waals surface area contributed by atoms with Gasteiger partial charge < -0.3 is 10.2 Å². The summed E-state index contributed by atoms with van der Waals surface area (Å²) in [6.07, 6.45) is 1.61. The number of nitrogens with zero attached hydrogens (tertiary/aromatic N) is 1. The Morgan fingerprint density at radius 3 is 2.46 bits per heavy atom. The van der Waals surface area contributed by atoms with Crippen LogP contribution in [0.25, 0.3) is 0 Å².